The number of benzene rings is 2. The van der Waals surface area contributed by atoms with Gasteiger partial charge in [-0.05, 0) is 18.2 Å². The van der Waals surface area contributed by atoms with Crippen LogP contribution in [0.25, 0.3) is 22.2 Å². The number of aromatic nitrogens is 1. The summed E-state index contributed by atoms with van der Waals surface area (Å²) in [5, 5.41) is 12.6. The minimum absolute atomic E-state index is 0.00831. The summed E-state index contributed by atoms with van der Waals surface area (Å²) in [6.45, 7) is 0. The van der Waals surface area contributed by atoms with Crippen LogP contribution in [0.3, 0.4) is 0 Å². The zero-order valence-corrected chi connectivity index (χ0v) is 11.0. The first kappa shape index (κ1) is 12.6. The van der Waals surface area contributed by atoms with E-state index in [4.69, 9.17) is 11.6 Å². The molecule has 0 aliphatic heterocycles. The number of halogens is 1. The molecule has 0 radical (unpaired) electrons. The van der Waals surface area contributed by atoms with Gasteiger partial charge in [-0.3, -0.25) is 10.1 Å². The molecule has 3 rings (SSSR count). The summed E-state index contributed by atoms with van der Waals surface area (Å²) >= 11 is 5.84. The normalized spacial score (nSPS) is 10.7. The number of nitrogens with zero attached hydrogens (tertiary/aromatic N) is 2. The Bertz CT molecular complexity index is 801. The maximum absolute atomic E-state index is 11.2. The van der Waals surface area contributed by atoms with Crippen molar-refractivity contribution in [1.29, 1.82) is 0 Å². The van der Waals surface area contributed by atoms with Gasteiger partial charge in [-0.2, -0.15) is 0 Å². The van der Waals surface area contributed by atoms with Gasteiger partial charge >= 0.3 is 0 Å². The second-order valence-electron chi connectivity index (χ2n) is 4.31. The third kappa shape index (κ3) is 2.21. The zero-order chi connectivity index (χ0) is 14.1. The van der Waals surface area contributed by atoms with Crippen LogP contribution in [0.1, 0.15) is 0 Å². The Morgan fingerprint density at radius 2 is 1.75 bits per heavy atom. The van der Waals surface area contributed by atoms with E-state index in [-0.39, 0.29) is 5.69 Å². The maximum atomic E-state index is 11.2. The Morgan fingerprint density at radius 1 is 1.05 bits per heavy atom. The van der Waals surface area contributed by atoms with Gasteiger partial charge in [-0.25, -0.2) is 4.98 Å². The van der Waals surface area contributed by atoms with Crippen LogP contribution in [0.15, 0.2) is 54.6 Å². The van der Waals surface area contributed by atoms with Crippen molar-refractivity contribution in [2.24, 2.45) is 0 Å². The zero-order valence-electron chi connectivity index (χ0n) is 10.3. The predicted octanol–water partition coefficient (Wildman–Crippen LogP) is 4.46. The minimum atomic E-state index is -0.413. The third-order valence-corrected chi connectivity index (χ3v) is 3.27. The molecule has 0 spiro atoms. The van der Waals surface area contributed by atoms with Crippen molar-refractivity contribution in [2.45, 2.75) is 0 Å². The molecule has 0 aliphatic carbocycles. The summed E-state index contributed by atoms with van der Waals surface area (Å²) in [6, 6.07) is 15.7. The molecule has 4 nitrogen and oxygen atoms in total. The molecule has 0 aliphatic rings. The summed E-state index contributed by atoms with van der Waals surface area (Å²) in [5.74, 6) is 0. The van der Waals surface area contributed by atoms with Crippen LogP contribution in [-0.2, 0) is 0 Å². The summed E-state index contributed by atoms with van der Waals surface area (Å²) in [5.41, 5.74) is 1.74. The van der Waals surface area contributed by atoms with Gasteiger partial charge in [0, 0.05) is 22.0 Å². The minimum Gasteiger partial charge on any atom is -0.258 e. The Morgan fingerprint density at radius 3 is 2.45 bits per heavy atom. The summed E-state index contributed by atoms with van der Waals surface area (Å²) < 4.78 is 0. The first-order valence-electron chi connectivity index (χ1n) is 5.95. The number of rotatable bonds is 2. The fraction of sp³-hybridized carbons (Fsp3) is 0. The summed E-state index contributed by atoms with van der Waals surface area (Å²) in [4.78, 5) is 15.2. The van der Waals surface area contributed by atoms with E-state index in [0.717, 1.165) is 10.9 Å². The smallest absolute Gasteiger partial charge is 0.258 e. The lowest BCUT2D eigenvalue weighted by molar-refractivity contribution is -0.384. The molecule has 0 unspecified atom stereocenters. The number of pyridine rings is 1. The Labute approximate surface area is 119 Å². The number of hydrogen-bond acceptors (Lipinski definition) is 3. The van der Waals surface area contributed by atoms with Crippen molar-refractivity contribution in [3.05, 3.63) is 69.7 Å². The summed E-state index contributed by atoms with van der Waals surface area (Å²) in [6.07, 6.45) is 0. The van der Waals surface area contributed by atoms with E-state index in [1.807, 2.05) is 18.2 Å². The lowest BCUT2D eigenvalue weighted by Crippen LogP contribution is -1.95. The van der Waals surface area contributed by atoms with Crippen molar-refractivity contribution in [2.75, 3.05) is 0 Å². The number of fused-ring (bicyclic) bond motifs is 1. The highest BCUT2D eigenvalue weighted by Gasteiger charge is 2.18. The highest BCUT2D eigenvalue weighted by atomic mass is 35.5. The van der Waals surface area contributed by atoms with E-state index < -0.39 is 4.92 Å². The second-order valence-corrected chi connectivity index (χ2v) is 4.75. The molecule has 3 aromatic rings. The van der Waals surface area contributed by atoms with E-state index in [2.05, 4.69) is 4.98 Å². The van der Waals surface area contributed by atoms with Gasteiger partial charge in [0.05, 0.1) is 10.4 Å². The molecule has 5 heteroatoms. The molecular weight excluding hydrogens is 276 g/mol. The molecule has 0 saturated carbocycles. The largest absolute Gasteiger partial charge is 0.296 e. The van der Waals surface area contributed by atoms with E-state index in [1.54, 1.807) is 36.4 Å². The van der Waals surface area contributed by atoms with Crippen LogP contribution >= 0.6 is 11.6 Å². The first-order chi connectivity index (χ1) is 9.65. The molecule has 2 aromatic carbocycles. The molecule has 0 amide bonds. The molecule has 0 N–H and O–H groups in total. The molecule has 1 aromatic heterocycles. The maximum Gasteiger partial charge on any atom is 0.296 e. The van der Waals surface area contributed by atoms with Gasteiger partial charge in [0.1, 0.15) is 5.69 Å². The highest BCUT2D eigenvalue weighted by Crippen LogP contribution is 2.31. The molecular formula is C15H9ClN2O2. The van der Waals surface area contributed by atoms with Gasteiger partial charge in [-0.15, -0.1) is 0 Å². The number of nitro groups is 1. The van der Waals surface area contributed by atoms with Gasteiger partial charge in [0.15, 0.2) is 0 Å². The quantitative estimate of drug-likeness (QED) is 0.515. The van der Waals surface area contributed by atoms with Crippen LogP contribution in [0.4, 0.5) is 5.69 Å². The fourth-order valence-electron chi connectivity index (χ4n) is 2.06. The molecule has 0 bridgehead atoms. The highest BCUT2D eigenvalue weighted by molar-refractivity contribution is 6.30. The van der Waals surface area contributed by atoms with E-state index in [1.165, 1.54) is 0 Å². The number of hydrogen-bond donors (Lipinski definition) is 0. The Kier molecular flexibility index (Phi) is 3.08. The SMILES string of the molecule is O=[N+]([O-])c1cc2ccccc2nc1-c1ccc(Cl)cc1. The van der Waals surface area contributed by atoms with Crippen molar-refractivity contribution in [1.82, 2.24) is 4.98 Å². The lowest BCUT2D eigenvalue weighted by Gasteiger charge is -2.05. The summed E-state index contributed by atoms with van der Waals surface area (Å²) in [7, 11) is 0. The van der Waals surface area contributed by atoms with Gasteiger partial charge < -0.3 is 0 Å². The molecule has 1 heterocycles. The monoisotopic (exact) mass is 284 g/mol. The molecule has 0 atom stereocenters. The second kappa shape index (κ2) is 4.90. The van der Waals surface area contributed by atoms with Gasteiger partial charge in [0.25, 0.3) is 5.69 Å². The topological polar surface area (TPSA) is 56.0 Å². The lowest BCUT2D eigenvalue weighted by atomic mass is 10.1. The van der Waals surface area contributed by atoms with Crippen LogP contribution in [0.2, 0.25) is 5.02 Å². The van der Waals surface area contributed by atoms with E-state index in [9.17, 15) is 10.1 Å². The van der Waals surface area contributed by atoms with E-state index >= 15 is 0 Å². The Balaban J connectivity index is 2.29. The van der Waals surface area contributed by atoms with E-state index in [0.29, 0.717) is 16.3 Å². The van der Waals surface area contributed by atoms with Crippen LogP contribution in [-0.4, -0.2) is 9.91 Å². The van der Waals surface area contributed by atoms with Crippen LogP contribution in [0.5, 0.6) is 0 Å². The van der Waals surface area contributed by atoms with Crippen molar-refractivity contribution in [3.63, 3.8) is 0 Å². The third-order valence-electron chi connectivity index (χ3n) is 3.02. The van der Waals surface area contributed by atoms with Gasteiger partial charge in [-0.1, -0.05) is 41.9 Å². The fourth-order valence-corrected chi connectivity index (χ4v) is 2.19. The van der Waals surface area contributed by atoms with Gasteiger partial charge in [0.2, 0.25) is 0 Å². The average Bonchev–Trinajstić information content (AvgIpc) is 2.46. The number of para-hydroxylation sites is 1. The van der Waals surface area contributed by atoms with Crippen molar-refractivity contribution >= 4 is 28.2 Å². The Hall–Kier alpha value is -2.46. The molecule has 0 saturated heterocycles. The predicted molar refractivity (Wildman–Crippen MR) is 78.8 cm³/mol. The molecule has 20 heavy (non-hydrogen) atoms. The van der Waals surface area contributed by atoms with Crippen molar-refractivity contribution in [3.8, 4) is 11.3 Å². The van der Waals surface area contributed by atoms with Crippen LogP contribution in [0, 0.1) is 10.1 Å². The first-order valence-corrected chi connectivity index (χ1v) is 6.33. The average molecular weight is 285 g/mol. The molecule has 0 fully saturated rings. The van der Waals surface area contributed by atoms with Crippen LogP contribution < -0.4 is 0 Å². The molecule has 98 valence electrons. The van der Waals surface area contributed by atoms with Crippen molar-refractivity contribution < 1.29 is 4.92 Å². The standard InChI is InChI=1S/C15H9ClN2O2/c16-12-7-5-10(6-8-12)15-14(18(19)20)9-11-3-1-2-4-13(11)17-15/h1-9H.